The molecule has 0 bridgehead atoms. The van der Waals surface area contributed by atoms with Crippen molar-refractivity contribution in [1.82, 2.24) is 14.9 Å². The Morgan fingerprint density at radius 3 is 2.72 bits per heavy atom. The Bertz CT molecular complexity index is 558. The summed E-state index contributed by atoms with van der Waals surface area (Å²) < 4.78 is 0. The Hall–Kier alpha value is -1.89. The number of β-lactam (4-membered cyclic amide) rings is 1. The number of carbonyl (C=O) groups excluding carboxylic acids is 1. The molecule has 2 aliphatic rings. The van der Waals surface area contributed by atoms with Crippen LogP contribution in [-0.2, 0) is 9.59 Å². The van der Waals surface area contributed by atoms with E-state index in [9.17, 15) is 14.7 Å². The summed E-state index contributed by atoms with van der Waals surface area (Å²) in [4.78, 5) is 32.8. The molecule has 1 amide bonds. The fraction of sp³-hybridized carbons (Fsp3) is 0.273. The summed E-state index contributed by atoms with van der Waals surface area (Å²) in [6, 6.07) is 1.71. The predicted octanol–water partition coefficient (Wildman–Crippen LogP) is 0.870. The molecular weight excluding hydrogens is 254 g/mol. The van der Waals surface area contributed by atoms with Crippen molar-refractivity contribution in [3.05, 3.63) is 29.1 Å². The number of hydrogen-bond acceptors (Lipinski definition) is 5. The number of fused-ring (bicyclic) bond motifs is 1. The van der Waals surface area contributed by atoms with E-state index in [0.29, 0.717) is 22.9 Å². The molecule has 1 atom stereocenters. The number of hydrogen-bond donors (Lipinski definition) is 1. The Morgan fingerprint density at radius 1 is 1.39 bits per heavy atom. The van der Waals surface area contributed by atoms with Gasteiger partial charge in [-0.25, -0.2) is 14.8 Å². The molecular formula is C11H9N3O3S. The van der Waals surface area contributed by atoms with Gasteiger partial charge in [-0.2, -0.15) is 0 Å². The zero-order valence-electron chi connectivity index (χ0n) is 9.24. The van der Waals surface area contributed by atoms with Crippen LogP contribution in [0.1, 0.15) is 12.8 Å². The first-order chi connectivity index (χ1) is 8.66. The van der Waals surface area contributed by atoms with E-state index < -0.39 is 5.97 Å². The maximum Gasteiger partial charge on any atom is 0.353 e. The summed E-state index contributed by atoms with van der Waals surface area (Å²) in [5, 5.41) is 9.70. The second-order valence-corrected chi connectivity index (χ2v) is 5.10. The molecule has 0 saturated carbocycles. The number of nitrogens with zero attached hydrogens (tertiary/aromatic N) is 3. The fourth-order valence-corrected chi connectivity index (χ4v) is 3.16. The van der Waals surface area contributed by atoms with E-state index >= 15 is 0 Å². The summed E-state index contributed by atoms with van der Waals surface area (Å²) in [6.45, 7) is 0. The molecule has 0 radical (unpaired) electrons. The van der Waals surface area contributed by atoms with Crippen LogP contribution in [0.25, 0.3) is 0 Å². The predicted molar refractivity (Wildman–Crippen MR) is 62.4 cm³/mol. The van der Waals surface area contributed by atoms with Crippen molar-refractivity contribution in [2.45, 2.75) is 24.0 Å². The van der Waals surface area contributed by atoms with Crippen LogP contribution in [0, 0.1) is 0 Å². The minimum atomic E-state index is -1.07. The second-order valence-electron chi connectivity index (χ2n) is 4.04. The topological polar surface area (TPSA) is 83.4 Å². The summed E-state index contributed by atoms with van der Waals surface area (Å²) >= 11 is 1.22. The molecule has 1 fully saturated rings. The van der Waals surface area contributed by atoms with E-state index in [-0.39, 0.29) is 17.6 Å². The van der Waals surface area contributed by atoms with Gasteiger partial charge < -0.3 is 10.0 Å². The minimum absolute atomic E-state index is 0.00909. The van der Waals surface area contributed by atoms with Crippen LogP contribution in [0.4, 0.5) is 0 Å². The van der Waals surface area contributed by atoms with E-state index in [2.05, 4.69) is 9.97 Å². The Balaban J connectivity index is 1.91. The van der Waals surface area contributed by atoms with Crippen molar-refractivity contribution in [2.75, 3.05) is 0 Å². The molecule has 1 saturated heterocycles. The number of aliphatic carboxylic acids is 1. The zero-order chi connectivity index (χ0) is 12.7. The SMILES string of the molecule is O=C(O)C1=C(Sc2ncccn2)CC2CC(=O)N12. The third-order valence-electron chi connectivity index (χ3n) is 2.93. The second kappa shape index (κ2) is 4.09. The molecule has 0 spiro atoms. The molecule has 0 aliphatic carbocycles. The van der Waals surface area contributed by atoms with Gasteiger partial charge in [0.05, 0.1) is 6.04 Å². The maximum atomic E-state index is 11.4. The minimum Gasteiger partial charge on any atom is -0.477 e. The first-order valence-electron chi connectivity index (χ1n) is 5.40. The van der Waals surface area contributed by atoms with Gasteiger partial charge in [0.1, 0.15) is 5.70 Å². The molecule has 7 heteroatoms. The van der Waals surface area contributed by atoms with Crippen LogP contribution in [-0.4, -0.2) is 37.9 Å². The van der Waals surface area contributed by atoms with Gasteiger partial charge in [-0.05, 0) is 6.07 Å². The molecule has 2 aliphatic heterocycles. The average Bonchev–Trinajstić information content (AvgIpc) is 2.63. The molecule has 1 aromatic heterocycles. The first-order valence-corrected chi connectivity index (χ1v) is 6.22. The van der Waals surface area contributed by atoms with Crippen LogP contribution in [0.15, 0.2) is 34.2 Å². The van der Waals surface area contributed by atoms with Gasteiger partial charge in [-0.3, -0.25) is 4.79 Å². The molecule has 0 aromatic carbocycles. The van der Waals surface area contributed by atoms with Gasteiger partial charge in [-0.15, -0.1) is 0 Å². The zero-order valence-corrected chi connectivity index (χ0v) is 10.1. The van der Waals surface area contributed by atoms with Crippen LogP contribution >= 0.6 is 11.8 Å². The van der Waals surface area contributed by atoms with Gasteiger partial charge in [-0.1, -0.05) is 11.8 Å². The van der Waals surface area contributed by atoms with Crippen molar-refractivity contribution < 1.29 is 14.7 Å². The summed E-state index contributed by atoms with van der Waals surface area (Å²) in [5.74, 6) is -1.19. The van der Waals surface area contributed by atoms with E-state index in [4.69, 9.17) is 0 Å². The van der Waals surface area contributed by atoms with Crippen molar-refractivity contribution in [3.63, 3.8) is 0 Å². The first kappa shape index (κ1) is 11.2. The van der Waals surface area contributed by atoms with Gasteiger partial charge in [0.15, 0.2) is 5.16 Å². The Labute approximate surface area is 107 Å². The van der Waals surface area contributed by atoms with Crippen LogP contribution in [0.3, 0.4) is 0 Å². The standard InChI is InChI=1S/C11H9N3O3S/c15-8-5-6-4-7(9(10(16)17)14(6)8)18-11-12-2-1-3-13-11/h1-3,6H,4-5H2,(H,16,17). The summed E-state index contributed by atoms with van der Waals surface area (Å²) in [5.41, 5.74) is 0.0914. The van der Waals surface area contributed by atoms with Gasteiger partial charge in [0.2, 0.25) is 5.91 Å². The van der Waals surface area contributed by atoms with E-state index in [1.807, 2.05) is 0 Å². The third-order valence-corrected chi connectivity index (χ3v) is 3.93. The largest absolute Gasteiger partial charge is 0.477 e. The van der Waals surface area contributed by atoms with Gasteiger partial charge in [0.25, 0.3) is 0 Å². The molecule has 6 nitrogen and oxygen atoms in total. The quantitative estimate of drug-likeness (QED) is 0.643. The summed E-state index contributed by atoms with van der Waals surface area (Å²) in [7, 11) is 0. The highest BCUT2D eigenvalue weighted by atomic mass is 32.2. The smallest absolute Gasteiger partial charge is 0.353 e. The maximum absolute atomic E-state index is 11.4. The molecule has 1 unspecified atom stereocenters. The van der Waals surface area contributed by atoms with E-state index in [1.165, 1.54) is 16.7 Å². The molecule has 1 N–H and O–H groups in total. The molecule has 1 aromatic rings. The summed E-state index contributed by atoms with van der Waals surface area (Å²) in [6.07, 6.45) is 4.21. The number of amides is 1. The number of thioether (sulfide) groups is 1. The number of rotatable bonds is 3. The lowest BCUT2D eigenvalue weighted by Crippen LogP contribution is -2.49. The lowest BCUT2D eigenvalue weighted by Gasteiger charge is -2.34. The number of carboxylic acid groups (broad SMARTS) is 1. The fourth-order valence-electron chi connectivity index (χ4n) is 2.16. The lowest BCUT2D eigenvalue weighted by molar-refractivity contribution is -0.147. The van der Waals surface area contributed by atoms with Gasteiger partial charge in [0, 0.05) is 30.1 Å². The van der Waals surface area contributed by atoms with Crippen molar-refractivity contribution >= 4 is 23.6 Å². The van der Waals surface area contributed by atoms with Crippen LogP contribution < -0.4 is 0 Å². The highest BCUT2D eigenvalue weighted by Gasteiger charge is 2.47. The van der Waals surface area contributed by atoms with Crippen LogP contribution in [0.2, 0.25) is 0 Å². The molecule has 18 heavy (non-hydrogen) atoms. The monoisotopic (exact) mass is 263 g/mol. The highest BCUT2D eigenvalue weighted by molar-refractivity contribution is 8.03. The number of carboxylic acids is 1. The van der Waals surface area contributed by atoms with Gasteiger partial charge >= 0.3 is 5.97 Å². The average molecular weight is 263 g/mol. The number of aromatic nitrogens is 2. The lowest BCUT2D eigenvalue weighted by atomic mass is 10.0. The molecule has 92 valence electrons. The third kappa shape index (κ3) is 1.67. The molecule has 3 rings (SSSR count). The van der Waals surface area contributed by atoms with E-state index in [0.717, 1.165) is 0 Å². The van der Waals surface area contributed by atoms with Crippen molar-refractivity contribution in [1.29, 1.82) is 0 Å². The van der Waals surface area contributed by atoms with Crippen molar-refractivity contribution in [2.24, 2.45) is 0 Å². The highest BCUT2D eigenvalue weighted by Crippen LogP contribution is 2.44. The van der Waals surface area contributed by atoms with E-state index in [1.54, 1.807) is 18.5 Å². The van der Waals surface area contributed by atoms with Crippen molar-refractivity contribution in [3.8, 4) is 0 Å². The molecule has 3 heterocycles. The van der Waals surface area contributed by atoms with Crippen LogP contribution in [0.5, 0.6) is 0 Å². The normalized spacial score (nSPS) is 21.9. The Kier molecular flexibility index (Phi) is 2.55. The number of carbonyl (C=O) groups is 2. The Morgan fingerprint density at radius 2 is 2.11 bits per heavy atom.